The number of aromatic amines is 1. The van der Waals surface area contributed by atoms with Gasteiger partial charge >= 0.3 is 0 Å². The molecule has 2 aromatic carbocycles. The zero-order valence-electron chi connectivity index (χ0n) is 14.7. The zero-order chi connectivity index (χ0) is 18.9. The van der Waals surface area contributed by atoms with Crippen LogP contribution in [0.15, 0.2) is 36.4 Å². The van der Waals surface area contributed by atoms with Crippen molar-refractivity contribution in [1.82, 2.24) is 9.88 Å². The van der Waals surface area contributed by atoms with Crippen molar-refractivity contribution in [2.24, 2.45) is 0 Å². The molecule has 27 heavy (non-hydrogen) atoms. The SMILES string of the molecule is CC(=O)N1CC2(CC2)c2c([nH]c3cc(F)ccc23)C1c1ccc(F)c(F)c1. The maximum absolute atomic E-state index is 13.9. The number of fused-ring (bicyclic) bond motifs is 4. The van der Waals surface area contributed by atoms with Gasteiger partial charge in [-0.15, -0.1) is 0 Å². The lowest BCUT2D eigenvalue weighted by Gasteiger charge is -2.40. The van der Waals surface area contributed by atoms with Crippen LogP contribution in [0.2, 0.25) is 0 Å². The van der Waals surface area contributed by atoms with Gasteiger partial charge in [0.25, 0.3) is 0 Å². The van der Waals surface area contributed by atoms with Gasteiger partial charge in [-0.25, -0.2) is 13.2 Å². The molecule has 1 aliphatic heterocycles. The number of aromatic nitrogens is 1. The van der Waals surface area contributed by atoms with E-state index in [-0.39, 0.29) is 17.1 Å². The van der Waals surface area contributed by atoms with Gasteiger partial charge in [-0.3, -0.25) is 4.79 Å². The minimum Gasteiger partial charge on any atom is -0.356 e. The predicted octanol–water partition coefficient (Wildman–Crippen LogP) is 4.57. The Labute approximate surface area is 153 Å². The first kappa shape index (κ1) is 16.4. The molecule has 1 saturated carbocycles. The van der Waals surface area contributed by atoms with E-state index in [1.165, 1.54) is 25.1 Å². The van der Waals surface area contributed by atoms with Crippen molar-refractivity contribution in [2.75, 3.05) is 6.54 Å². The highest BCUT2D eigenvalue weighted by atomic mass is 19.2. The van der Waals surface area contributed by atoms with Gasteiger partial charge in [0.2, 0.25) is 5.91 Å². The minimum atomic E-state index is -0.952. The molecule has 0 saturated heterocycles. The van der Waals surface area contributed by atoms with E-state index in [2.05, 4.69) is 4.98 Å². The maximum atomic E-state index is 13.9. The highest BCUT2D eigenvalue weighted by Gasteiger charge is 2.54. The van der Waals surface area contributed by atoms with Crippen LogP contribution in [0.5, 0.6) is 0 Å². The van der Waals surface area contributed by atoms with Crippen LogP contribution in [0.25, 0.3) is 10.9 Å². The summed E-state index contributed by atoms with van der Waals surface area (Å²) in [6.07, 6.45) is 1.89. The fraction of sp³-hybridized carbons (Fsp3) is 0.286. The molecule has 1 aromatic heterocycles. The summed E-state index contributed by atoms with van der Waals surface area (Å²) in [5.74, 6) is -2.36. The number of benzene rings is 2. The molecular weight excluding hydrogens is 353 g/mol. The molecule has 1 fully saturated rings. The van der Waals surface area contributed by atoms with Gasteiger partial charge in [-0.2, -0.15) is 0 Å². The number of halogens is 3. The highest BCUT2D eigenvalue weighted by Crippen LogP contribution is 2.57. The predicted molar refractivity (Wildman–Crippen MR) is 94.8 cm³/mol. The van der Waals surface area contributed by atoms with Crippen LogP contribution in [-0.4, -0.2) is 22.3 Å². The van der Waals surface area contributed by atoms with E-state index in [4.69, 9.17) is 0 Å². The molecule has 3 nitrogen and oxygen atoms in total. The Bertz CT molecular complexity index is 1100. The van der Waals surface area contributed by atoms with E-state index < -0.39 is 17.7 Å². The van der Waals surface area contributed by atoms with Crippen LogP contribution in [0.3, 0.4) is 0 Å². The van der Waals surface area contributed by atoms with Gasteiger partial charge in [0.15, 0.2) is 11.6 Å². The van der Waals surface area contributed by atoms with Gasteiger partial charge in [-0.1, -0.05) is 6.07 Å². The first-order chi connectivity index (χ1) is 12.9. The zero-order valence-corrected chi connectivity index (χ0v) is 14.7. The molecule has 2 aliphatic rings. The second kappa shape index (κ2) is 5.38. The number of nitrogens with one attached hydrogen (secondary N) is 1. The van der Waals surface area contributed by atoms with Crippen molar-refractivity contribution in [2.45, 2.75) is 31.2 Å². The van der Waals surface area contributed by atoms with Crippen molar-refractivity contribution >= 4 is 16.8 Å². The Morgan fingerprint density at radius 1 is 1.11 bits per heavy atom. The summed E-state index contributed by atoms with van der Waals surface area (Å²) in [6.45, 7) is 2.00. The first-order valence-corrected chi connectivity index (χ1v) is 8.93. The number of amides is 1. The van der Waals surface area contributed by atoms with Crippen LogP contribution >= 0.6 is 0 Å². The minimum absolute atomic E-state index is 0.133. The number of carbonyl (C=O) groups is 1. The van der Waals surface area contributed by atoms with E-state index in [1.54, 1.807) is 11.0 Å². The summed E-state index contributed by atoms with van der Waals surface area (Å²) >= 11 is 0. The second-order valence-electron chi connectivity index (χ2n) is 7.61. The Kier molecular flexibility index (Phi) is 3.27. The number of rotatable bonds is 1. The lowest BCUT2D eigenvalue weighted by molar-refractivity contribution is -0.131. The highest BCUT2D eigenvalue weighted by molar-refractivity contribution is 5.88. The van der Waals surface area contributed by atoms with E-state index in [0.717, 1.165) is 41.6 Å². The third-order valence-electron chi connectivity index (χ3n) is 5.90. The van der Waals surface area contributed by atoms with Crippen molar-refractivity contribution in [3.8, 4) is 0 Å². The first-order valence-electron chi connectivity index (χ1n) is 8.93. The summed E-state index contributed by atoms with van der Waals surface area (Å²) in [7, 11) is 0. The van der Waals surface area contributed by atoms with Crippen LogP contribution in [0, 0.1) is 17.5 Å². The van der Waals surface area contributed by atoms with Crippen LogP contribution < -0.4 is 0 Å². The number of nitrogens with zero attached hydrogens (tertiary/aromatic N) is 1. The van der Waals surface area contributed by atoms with Crippen molar-refractivity contribution in [3.63, 3.8) is 0 Å². The molecule has 1 atom stereocenters. The summed E-state index contributed by atoms with van der Waals surface area (Å²) in [6, 6.07) is 7.77. The lowest BCUT2D eigenvalue weighted by atomic mass is 9.83. The molecule has 2 heterocycles. The Balaban J connectivity index is 1.79. The Morgan fingerprint density at radius 2 is 1.89 bits per heavy atom. The summed E-state index contributed by atoms with van der Waals surface area (Å²) in [5, 5.41) is 0.930. The molecule has 1 aliphatic carbocycles. The topological polar surface area (TPSA) is 36.1 Å². The molecule has 0 radical (unpaired) electrons. The van der Waals surface area contributed by atoms with Gasteiger partial charge in [0, 0.05) is 35.5 Å². The average Bonchev–Trinajstić information content (AvgIpc) is 3.27. The Morgan fingerprint density at radius 3 is 2.56 bits per heavy atom. The molecule has 1 amide bonds. The third-order valence-corrected chi connectivity index (χ3v) is 5.90. The fourth-order valence-corrected chi connectivity index (χ4v) is 4.50. The third kappa shape index (κ3) is 2.32. The number of hydrogen-bond donors (Lipinski definition) is 1. The van der Waals surface area contributed by atoms with Gasteiger partial charge < -0.3 is 9.88 Å². The molecule has 138 valence electrons. The molecule has 3 aromatic rings. The molecule has 5 rings (SSSR count). The van der Waals surface area contributed by atoms with E-state index in [0.29, 0.717) is 17.6 Å². The molecule has 0 bridgehead atoms. The van der Waals surface area contributed by atoms with E-state index in [1.807, 2.05) is 0 Å². The quantitative estimate of drug-likeness (QED) is 0.669. The number of hydrogen-bond acceptors (Lipinski definition) is 1. The van der Waals surface area contributed by atoms with Crippen LogP contribution in [-0.2, 0) is 10.2 Å². The second-order valence-corrected chi connectivity index (χ2v) is 7.61. The van der Waals surface area contributed by atoms with E-state index >= 15 is 0 Å². The monoisotopic (exact) mass is 370 g/mol. The smallest absolute Gasteiger partial charge is 0.220 e. The maximum Gasteiger partial charge on any atom is 0.220 e. The van der Waals surface area contributed by atoms with Gasteiger partial charge in [-0.05, 0) is 54.3 Å². The lowest BCUT2D eigenvalue weighted by Crippen LogP contribution is -2.44. The molecule has 1 unspecified atom stereocenters. The summed E-state index contributed by atoms with van der Waals surface area (Å²) in [5.41, 5.74) is 2.84. The summed E-state index contributed by atoms with van der Waals surface area (Å²) < 4.78 is 41.1. The van der Waals surface area contributed by atoms with Crippen molar-refractivity contribution in [1.29, 1.82) is 0 Å². The molecule has 1 spiro atoms. The standard InChI is InChI=1S/C21H17F3N2O/c1-11(27)26-10-21(6-7-21)18-14-4-3-13(22)9-17(14)25-19(18)20(26)12-2-5-15(23)16(24)8-12/h2-5,8-9,20,25H,6-7,10H2,1H3. The summed E-state index contributed by atoms with van der Waals surface area (Å²) in [4.78, 5) is 17.4. The number of carbonyl (C=O) groups excluding carboxylic acids is 1. The molecule has 6 heteroatoms. The van der Waals surface area contributed by atoms with E-state index in [9.17, 15) is 18.0 Å². The van der Waals surface area contributed by atoms with Crippen molar-refractivity contribution < 1.29 is 18.0 Å². The largest absolute Gasteiger partial charge is 0.356 e. The van der Waals surface area contributed by atoms with Gasteiger partial charge in [0.1, 0.15) is 5.82 Å². The van der Waals surface area contributed by atoms with Crippen molar-refractivity contribution in [3.05, 3.63) is 70.7 Å². The Hall–Kier alpha value is -2.76. The van der Waals surface area contributed by atoms with Crippen LogP contribution in [0.4, 0.5) is 13.2 Å². The van der Waals surface area contributed by atoms with Crippen LogP contribution in [0.1, 0.15) is 42.6 Å². The van der Waals surface area contributed by atoms with Gasteiger partial charge in [0.05, 0.1) is 6.04 Å². The molecular formula is C21H17F3N2O. The molecule has 1 N–H and O–H groups in total. The number of H-pyrrole nitrogens is 1. The normalized spacial score (nSPS) is 20.1. The average molecular weight is 370 g/mol. The fourth-order valence-electron chi connectivity index (χ4n) is 4.50.